The van der Waals surface area contributed by atoms with Crippen LogP contribution in [0.25, 0.3) is 4.91 Å². The summed E-state index contributed by atoms with van der Waals surface area (Å²) >= 11 is -2.51. The molecule has 6 heteroatoms. The van der Waals surface area contributed by atoms with E-state index in [4.69, 9.17) is 0 Å². The van der Waals surface area contributed by atoms with E-state index in [0.29, 0.717) is 0 Å². The van der Waals surface area contributed by atoms with E-state index in [2.05, 4.69) is 0 Å². The maximum atomic E-state index is 11.4. The first-order valence-electron chi connectivity index (χ1n) is 4.10. The second-order valence-corrected chi connectivity index (χ2v) is 3.89. The fraction of sp³-hybridized carbons (Fsp3) is 0. The molecule has 0 aromatic heterocycles. The first-order chi connectivity index (χ1) is 7.11. The SMILES string of the molecule is O=C1C=C(S(=O)[O-])c2ccccc2C1=O.[Na+]. The Hall–Kier alpha value is -0.590. The Morgan fingerprint density at radius 2 is 1.62 bits per heavy atom. The maximum absolute atomic E-state index is 11.4. The van der Waals surface area contributed by atoms with E-state index in [9.17, 15) is 18.4 Å². The van der Waals surface area contributed by atoms with E-state index in [-0.39, 0.29) is 45.6 Å². The molecule has 0 radical (unpaired) electrons. The minimum absolute atomic E-state index is 0. The van der Waals surface area contributed by atoms with Crippen molar-refractivity contribution in [1.29, 1.82) is 0 Å². The van der Waals surface area contributed by atoms with Crippen LogP contribution in [0.4, 0.5) is 0 Å². The molecule has 0 spiro atoms. The third-order valence-electron chi connectivity index (χ3n) is 2.10. The molecule has 2 rings (SSSR count). The normalized spacial score (nSPS) is 15.9. The van der Waals surface area contributed by atoms with Gasteiger partial charge in [0.15, 0.2) is 0 Å². The molecule has 1 atom stereocenters. The molecule has 16 heavy (non-hydrogen) atoms. The molecule has 76 valence electrons. The zero-order chi connectivity index (χ0) is 11.0. The summed E-state index contributed by atoms with van der Waals surface area (Å²) in [6.45, 7) is 0. The maximum Gasteiger partial charge on any atom is 1.00 e. The summed E-state index contributed by atoms with van der Waals surface area (Å²) in [5.41, 5.74) is 0.430. The molecule has 1 aliphatic rings. The zero-order valence-electron chi connectivity index (χ0n) is 8.43. The van der Waals surface area contributed by atoms with Crippen molar-refractivity contribution in [3.05, 3.63) is 41.5 Å². The third-order valence-corrected chi connectivity index (χ3v) is 2.80. The molecule has 1 unspecified atom stereocenters. The van der Waals surface area contributed by atoms with E-state index in [0.717, 1.165) is 6.08 Å². The largest absolute Gasteiger partial charge is 1.00 e. The Balaban J connectivity index is 0.00000128. The number of benzene rings is 1. The van der Waals surface area contributed by atoms with Crippen molar-refractivity contribution in [2.24, 2.45) is 0 Å². The number of rotatable bonds is 1. The molecule has 0 saturated carbocycles. The van der Waals surface area contributed by atoms with Gasteiger partial charge in [-0.3, -0.25) is 13.8 Å². The molecule has 4 nitrogen and oxygen atoms in total. The number of carbonyl (C=O) groups excluding carboxylic acids is 2. The smallest absolute Gasteiger partial charge is 0.768 e. The van der Waals surface area contributed by atoms with Crippen molar-refractivity contribution < 1.29 is 47.9 Å². The van der Waals surface area contributed by atoms with Gasteiger partial charge in [-0.2, -0.15) is 0 Å². The molecular formula is C10H5NaO4S. The molecule has 1 aromatic rings. The van der Waals surface area contributed by atoms with Crippen molar-refractivity contribution in [2.45, 2.75) is 0 Å². The van der Waals surface area contributed by atoms with Crippen molar-refractivity contribution >= 4 is 27.6 Å². The topological polar surface area (TPSA) is 74.3 Å². The fourth-order valence-corrected chi connectivity index (χ4v) is 1.99. The Morgan fingerprint density at radius 1 is 1.06 bits per heavy atom. The van der Waals surface area contributed by atoms with Gasteiger partial charge >= 0.3 is 29.6 Å². The van der Waals surface area contributed by atoms with Gasteiger partial charge in [0.25, 0.3) is 0 Å². The third kappa shape index (κ3) is 2.23. The minimum atomic E-state index is -2.51. The van der Waals surface area contributed by atoms with Gasteiger partial charge < -0.3 is 4.55 Å². The number of ketones is 2. The molecule has 1 aliphatic carbocycles. The van der Waals surface area contributed by atoms with Gasteiger partial charge in [-0.1, -0.05) is 24.3 Å². The van der Waals surface area contributed by atoms with E-state index < -0.39 is 22.6 Å². The summed E-state index contributed by atoms with van der Waals surface area (Å²) in [5, 5.41) is 0. The van der Waals surface area contributed by atoms with Crippen LogP contribution in [0.3, 0.4) is 0 Å². The molecule has 1 aromatic carbocycles. The van der Waals surface area contributed by atoms with Crippen LogP contribution in [0.5, 0.6) is 0 Å². The van der Waals surface area contributed by atoms with Crippen LogP contribution in [-0.2, 0) is 15.9 Å². The molecule has 0 amide bonds. The number of Topliss-reactive ketones (excluding diaryl/α,β-unsaturated/α-hetero) is 1. The molecular weight excluding hydrogens is 239 g/mol. The predicted octanol–water partition coefficient (Wildman–Crippen LogP) is -2.32. The standard InChI is InChI=1S/C10H6O4S.Na/c11-8-5-9(15(13)14)6-3-1-2-4-7(6)10(8)12;/h1-5H,(H,13,14);/q;+1/p-1. The Bertz CT molecular complexity index is 521. The van der Waals surface area contributed by atoms with E-state index >= 15 is 0 Å². The molecule has 0 aliphatic heterocycles. The summed E-state index contributed by atoms with van der Waals surface area (Å²) in [7, 11) is 0. The van der Waals surface area contributed by atoms with Gasteiger partial charge in [-0.25, -0.2) is 0 Å². The molecule has 0 fully saturated rings. The Kier molecular flexibility index (Phi) is 4.35. The van der Waals surface area contributed by atoms with Crippen LogP contribution >= 0.6 is 0 Å². The average Bonchev–Trinajstić information content (AvgIpc) is 2.23. The summed E-state index contributed by atoms with van der Waals surface area (Å²) in [6.07, 6.45) is 0.855. The number of hydrogen-bond acceptors (Lipinski definition) is 4. The van der Waals surface area contributed by atoms with Gasteiger partial charge in [0.1, 0.15) is 0 Å². The number of allylic oxidation sites excluding steroid dienone is 1. The summed E-state index contributed by atoms with van der Waals surface area (Å²) in [6, 6.07) is 6.14. The average molecular weight is 244 g/mol. The minimum Gasteiger partial charge on any atom is -0.768 e. The van der Waals surface area contributed by atoms with Crippen LogP contribution in [-0.4, -0.2) is 20.3 Å². The molecule has 0 saturated heterocycles. The van der Waals surface area contributed by atoms with Crippen molar-refractivity contribution in [2.75, 3.05) is 0 Å². The van der Waals surface area contributed by atoms with Crippen molar-refractivity contribution in [1.82, 2.24) is 0 Å². The van der Waals surface area contributed by atoms with Gasteiger partial charge in [-0.15, -0.1) is 0 Å². The Labute approximate surface area is 116 Å². The summed E-state index contributed by atoms with van der Waals surface area (Å²) in [4.78, 5) is 22.4. The van der Waals surface area contributed by atoms with Gasteiger partial charge in [0.05, 0.1) is 0 Å². The second-order valence-electron chi connectivity index (χ2n) is 2.98. The van der Waals surface area contributed by atoms with E-state index in [1.54, 1.807) is 12.1 Å². The van der Waals surface area contributed by atoms with Crippen LogP contribution < -0.4 is 29.6 Å². The molecule has 0 heterocycles. The number of carbonyl (C=O) groups is 2. The van der Waals surface area contributed by atoms with E-state index in [1.807, 2.05) is 0 Å². The van der Waals surface area contributed by atoms with Crippen molar-refractivity contribution in [3.8, 4) is 0 Å². The first-order valence-corrected chi connectivity index (χ1v) is 5.18. The van der Waals surface area contributed by atoms with Crippen LogP contribution in [0, 0.1) is 0 Å². The predicted molar refractivity (Wildman–Crippen MR) is 52.7 cm³/mol. The monoisotopic (exact) mass is 244 g/mol. The zero-order valence-corrected chi connectivity index (χ0v) is 11.2. The quantitative estimate of drug-likeness (QED) is 0.316. The van der Waals surface area contributed by atoms with Gasteiger partial charge in [-0.05, 0) is 11.1 Å². The number of hydrogen-bond donors (Lipinski definition) is 0. The first kappa shape index (κ1) is 13.5. The van der Waals surface area contributed by atoms with Crippen LogP contribution in [0.1, 0.15) is 15.9 Å². The Morgan fingerprint density at radius 3 is 2.19 bits per heavy atom. The number of fused-ring (bicyclic) bond motifs is 1. The van der Waals surface area contributed by atoms with Crippen molar-refractivity contribution in [3.63, 3.8) is 0 Å². The summed E-state index contributed by atoms with van der Waals surface area (Å²) in [5.74, 6) is -1.47. The molecule has 0 N–H and O–H groups in total. The van der Waals surface area contributed by atoms with E-state index in [1.165, 1.54) is 12.1 Å². The second kappa shape index (κ2) is 5.16. The fourth-order valence-electron chi connectivity index (χ4n) is 1.43. The van der Waals surface area contributed by atoms with Gasteiger partial charge in [0.2, 0.25) is 11.6 Å². The van der Waals surface area contributed by atoms with Gasteiger partial charge in [0, 0.05) is 22.1 Å². The summed E-state index contributed by atoms with van der Waals surface area (Å²) < 4.78 is 21.7. The van der Waals surface area contributed by atoms with Crippen LogP contribution in [0.15, 0.2) is 30.3 Å². The van der Waals surface area contributed by atoms with Crippen LogP contribution in [0.2, 0.25) is 0 Å². The molecule has 0 bridgehead atoms.